The summed E-state index contributed by atoms with van der Waals surface area (Å²) in [6.45, 7) is 0.537. The van der Waals surface area contributed by atoms with Crippen LogP contribution in [0.3, 0.4) is 0 Å². The number of amides is 1. The molecule has 0 bridgehead atoms. The molecule has 24 heavy (non-hydrogen) atoms. The van der Waals surface area contributed by atoms with Crippen molar-refractivity contribution in [2.45, 2.75) is 31.7 Å². The maximum absolute atomic E-state index is 12.2. The number of rotatable bonds is 4. The van der Waals surface area contributed by atoms with Gasteiger partial charge in [-0.2, -0.15) is 5.11 Å². The number of hydrogen-bond donors (Lipinski definition) is 1. The number of halogens is 1. The Hall–Kier alpha value is -2.37. The van der Waals surface area contributed by atoms with Gasteiger partial charge in [0, 0.05) is 16.8 Å². The Balaban J connectivity index is 1.61. The molecule has 1 N–H and O–H groups in total. The van der Waals surface area contributed by atoms with E-state index in [2.05, 4.69) is 25.2 Å². The minimum atomic E-state index is -0.390. The number of carbonyl (C=O) groups excluding carboxylic acids is 1. The third-order valence-corrected chi connectivity index (χ3v) is 4.68. The summed E-state index contributed by atoms with van der Waals surface area (Å²) in [4.78, 5) is 18.0. The zero-order chi connectivity index (χ0) is 16.9. The molecule has 1 heterocycles. The molecule has 8 heteroatoms. The van der Waals surface area contributed by atoms with Gasteiger partial charge in [0.05, 0.1) is 16.6 Å². The molecule has 0 unspecified atom stereocenters. The average molecular weight is 345 g/mol. The van der Waals surface area contributed by atoms with Crippen molar-refractivity contribution < 1.29 is 4.79 Å². The molecule has 1 aromatic heterocycles. The highest BCUT2D eigenvalue weighted by atomic mass is 35.5. The lowest BCUT2D eigenvalue weighted by Gasteiger charge is -2.23. The van der Waals surface area contributed by atoms with Crippen molar-refractivity contribution in [3.8, 4) is 0 Å². The van der Waals surface area contributed by atoms with Crippen molar-refractivity contribution >= 4 is 28.4 Å². The first-order valence-corrected chi connectivity index (χ1v) is 8.28. The van der Waals surface area contributed by atoms with Crippen LogP contribution in [-0.2, 0) is 0 Å². The lowest BCUT2D eigenvalue weighted by Crippen LogP contribution is -2.18. The lowest BCUT2D eigenvalue weighted by molar-refractivity contribution is 0.0987. The molecule has 0 spiro atoms. The molecule has 1 aliphatic carbocycles. The van der Waals surface area contributed by atoms with Crippen molar-refractivity contribution in [1.29, 1.82) is 0 Å². The number of fused-ring (bicyclic) bond motifs is 1. The van der Waals surface area contributed by atoms with Crippen LogP contribution in [0, 0.1) is 5.92 Å². The van der Waals surface area contributed by atoms with Gasteiger partial charge in [-0.05, 0) is 49.3 Å². The number of nitrogens with one attached hydrogen (secondary N) is 1. The number of azide groups is 1. The van der Waals surface area contributed by atoms with Gasteiger partial charge in [0.25, 0.3) is 0 Å². The van der Waals surface area contributed by atoms with Crippen molar-refractivity contribution in [2.24, 2.45) is 21.3 Å². The first-order chi connectivity index (χ1) is 11.7. The number of aromatic nitrogens is 1. The predicted molar refractivity (Wildman–Crippen MR) is 92.3 cm³/mol. The summed E-state index contributed by atoms with van der Waals surface area (Å²) in [5.74, 6) is 0.0253. The molecule has 1 aliphatic rings. The zero-order valence-electron chi connectivity index (χ0n) is 13.0. The molecular weight excluding hydrogens is 328 g/mol. The summed E-state index contributed by atoms with van der Waals surface area (Å²) in [6.07, 6.45) is 3.61. The summed E-state index contributed by atoms with van der Waals surface area (Å²) < 4.78 is 0. The van der Waals surface area contributed by atoms with Gasteiger partial charge in [-0.25, -0.2) is 0 Å². The van der Waals surface area contributed by atoms with Crippen LogP contribution in [0.5, 0.6) is 0 Å². The molecule has 3 rings (SSSR count). The highest BCUT2D eigenvalue weighted by Crippen LogP contribution is 2.27. The van der Waals surface area contributed by atoms with Crippen LogP contribution in [0.4, 0.5) is 0 Å². The minimum Gasteiger partial charge on any atom is -0.349 e. The maximum atomic E-state index is 12.2. The van der Waals surface area contributed by atoms with Gasteiger partial charge in [-0.15, -0.1) is 5.11 Å². The van der Waals surface area contributed by atoms with Gasteiger partial charge in [-0.3, -0.25) is 4.79 Å². The Kier molecular flexibility index (Phi) is 5.13. The largest absolute Gasteiger partial charge is 0.349 e. The fourth-order valence-corrected chi connectivity index (χ4v) is 3.25. The molecular formula is C16H17ClN6O. The quantitative estimate of drug-likeness (QED) is 0.454. The van der Waals surface area contributed by atoms with E-state index in [1.54, 1.807) is 12.1 Å². The third-order valence-electron chi connectivity index (χ3n) is 4.37. The number of H-pyrrole nitrogens is 1. The zero-order valence-corrected chi connectivity index (χ0v) is 13.8. The van der Waals surface area contributed by atoms with Crippen molar-refractivity contribution in [2.75, 3.05) is 6.54 Å². The van der Waals surface area contributed by atoms with Crippen molar-refractivity contribution in [1.82, 2.24) is 4.98 Å². The second-order valence-corrected chi connectivity index (χ2v) is 6.40. The number of para-hydroxylation sites is 1. The molecule has 1 saturated carbocycles. The van der Waals surface area contributed by atoms with E-state index >= 15 is 0 Å². The number of azo groups is 1. The summed E-state index contributed by atoms with van der Waals surface area (Å²) in [5.41, 5.74) is 9.47. The second kappa shape index (κ2) is 7.47. The Morgan fingerprint density at radius 1 is 1.33 bits per heavy atom. The number of aromatic amines is 1. The van der Waals surface area contributed by atoms with E-state index in [4.69, 9.17) is 17.1 Å². The molecule has 7 nitrogen and oxygen atoms in total. The van der Waals surface area contributed by atoms with Crippen LogP contribution in [-0.4, -0.2) is 23.5 Å². The van der Waals surface area contributed by atoms with Crippen LogP contribution in [0.1, 0.15) is 36.2 Å². The number of hydrogen-bond acceptors (Lipinski definition) is 3. The smallest absolute Gasteiger partial charge is 0.311 e. The van der Waals surface area contributed by atoms with Crippen LogP contribution in [0.25, 0.3) is 21.3 Å². The number of benzene rings is 1. The van der Waals surface area contributed by atoms with E-state index in [1.807, 2.05) is 12.1 Å². The first-order valence-electron chi connectivity index (χ1n) is 7.90. The van der Waals surface area contributed by atoms with E-state index in [0.717, 1.165) is 36.6 Å². The van der Waals surface area contributed by atoms with Crippen LogP contribution in [0.2, 0.25) is 5.02 Å². The molecule has 2 aromatic rings. The van der Waals surface area contributed by atoms with Gasteiger partial charge in [-0.1, -0.05) is 28.8 Å². The lowest BCUT2D eigenvalue weighted by atomic mass is 9.86. The summed E-state index contributed by atoms with van der Waals surface area (Å²) in [5, 5.41) is 13.1. The van der Waals surface area contributed by atoms with Gasteiger partial charge >= 0.3 is 5.91 Å². The molecule has 124 valence electrons. The molecule has 0 radical (unpaired) electrons. The second-order valence-electron chi connectivity index (χ2n) is 6.00. The Morgan fingerprint density at radius 3 is 2.83 bits per heavy atom. The summed E-state index contributed by atoms with van der Waals surface area (Å²) in [6, 6.07) is 7.29. The molecule has 1 aromatic carbocycles. The number of carbonyl (C=O) groups is 1. The number of nitrogens with zero attached hydrogens (tertiary/aromatic N) is 5. The Labute approximate surface area is 143 Å². The van der Waals surface area contributed by atoms with Crippen LogP contribution < -0.4 is 0 Å². The molecule has 0 aliphatic heterocycles. The third kappa shape index (κ3) is 3.75. The van der Waals surface area contributed by atoms with Gasteiger partial charge in [0.1, 0.15) is 5.69 Å². The molecule has 0 saturated heterocycles. The van der Waals surface area contributed by atoms with Crippen molar-refractivity contribution in [3.05, 3.63) is 45.4 Å². The van der Waals surface area contributed by atoms with E-state index in [9.17, 15) is 4.79 Å². The monoisotopic (exact) mass is 344 g/mol. The van der Waals surface area contributed by atoms with Gasteiger partial charge in [0.2, 0.25) is 0 Å². The summed E-state index contributed by atoms with van der Waals surface area (Å²) in [7, 11) is 0. The van der Waals surface area contributed by atoms with Gasteiger partial charge in [0.15, 0.2) is 0 Å². The summed E-state index contributed by atoms with van der Waals surface area (Å²) >= 11 is 6.10. The van der Waals surface area contributed by atoms with E-state index < -0.39 is 5.91 Å². The predicted octanol–water partition coefficient (Wildman–Crippen LogP) is 5.28. The highest BCUT2D eigenvalue weighted by molar-refractivity contribution is 6.35. The van der Waals surface area contributed by atoms with Crippen molar-refractivity contribution in [3.63, 3.8) is 0 Å². The average Bonchev–Trinajstić information content (AvgIpc) is 3.04. The Bertz CT molecular complexity index is 815. The topological polar surface area (TPSA) is 106 Å². The minimum absolute atomic E-state index is 0.0595. The van der Waals surface area contributed by atoms with E-state index in [0.29, 0.717) is 23.2 Å². The van der Waals surface area contributed by atoms with E-state index in [-0.39, 0.29) is 6.04 Å². The fourth-order valence-electron chi connectivity index (χ4n) is 3.02. The maximum Gasteiger partial charge on any atom is 0.311 e. The standard InChI is InChI=1S/C16H17ClN6O/c17-13-3-1-2-11-8-14(20-15(11)13)16(24)22-21-12-6-4-10(5-7-12)9-19-23-18/h1-3,8,10,12,20H,4-7,9H2. The SMILES string of the molecule is [N-]=[N+]=NCC1CCC(N=NC(=O)c2cc3cccc(Cl)c3[nH]2)CC1. The van der Waals surface area contributed by atoms with Gasteiger partial charge < -0.3 is 4.98 Å². The molecule has 1 amide bonds. The first kappa shape index (κ1) is 16.5. The van der Waals surface area contributed by atoms with E-state index in [1.165, 1.54) is 0 Å². The highest BCUT2D eigenvalue weighted by Gasteiger charge is 2.21. The fraction of sp³-hybridized carbons (Fsp3) is 0.438. The molecule has 1 fully saturated rings. The normalized spacial score (nSPS) is 21.0. The Morgan fingerprint density at radius 2 is 2.12 bits per heavy atom. The van der Waals surface area contributed by atoms with Crippen LogP contribution in [0.15, 0.2) is 39.6 Å². The van der Waals surface area contributed by atoms with Crippen LogP contribution >= 0.6 is 11.6 Å². The molecule has 0 atom stereocenters.